The molecule has 3 heteroatoms. The summed E-state index contributed by atoms with van der Waals surface area (Å²) in [4.78, 5) is 0. The largest absolute Gasteiger partial charge is 0.309 e. The van der Waals surface area contributed by atoms with Crippen molar-refractivity contribution in [3.8, 4) is 50.4 Å². The number of fused-ring (bicyclic) bond motifs is 9. The van der Waals surface area contributed by atoms with E-state index in [2.05, 4.69) is 250 Å². The number of aromatic nitrogens is 3. The van der Waals surface area contributed by atoms with Crippen molar-refractivity contribution in [3.63, 3.8) is 0 Å². The topological polar surface area (TPSA) is 14.8 Å². The van der Waals surface area contributed by atoms with E-state index in [4.69, 9.17) is 0 Å². The molecule has 0 bridgehead atoms. The Morgan fingerprint density at radius 1 is 0.206 bits per heavy atom. The van der Waals surface area contributed by atoms with Crippen molar-refractivity contribution in [3.05, 3.63) is 237 Å². The summed E-state index contributed by atoms with van der Waals surface area (Å²) in [7, 11) is 0. The van der Waals surface area contributed by atoms with Crippen LogP contribution in [-0.2, 0) is 0 Å². The summed E-state index contributed by atoms with van der Waals surface area (Å²) < 4.78 is 7.47. The minimum atomic E-state index is 1.12. The monoisotopic (exact) mass is 801 g/mol. The maximum absolute atomic E-state index is 2.50. The normalized spacial score (nSPS) is 11.8. The second-order valence-electron chi connectivity index (χ2n) is 16.5. The van der Waals surface area contributed by atoms with E-state index in [1.54, 1.807) is 0 Å². The molecule has 0 amide bonds. The molecule has 0 spiro atoms. The lowest BCUT2D eigenvalue weighted by molar-refractivity contribution is 1.13. The quantitative estimate of drug-likeness (QED) is 0.159. The van der Waals surface area contributed by atoms with Crippen molar-refractivity contribution in [2.75, 3.05) is 0 Å². The van der Waals surface area contributed by atoms with Crippen molar-refractivity contribution in [2.24, 2.45) is 0 Å². The molecule has 13 rings (SSSR count). The molecule has 0 unspecified atom stereocenters. The van der Waals surface area contributed by atoms with Crippen LogP contribution in [0, 0.1) is 0 Å². The zero-order valence-corrected chi connectivity index (χ0v) is 34.4. The van der Waals surface area contributed by atoms with Gasteiger partial charge in [-0.15, -0.1) is 0 Å². The van der Waals surface area contributed by atoms with Crippen LogP contribution < -0.4 is 0 Å². The number of rotatable bonds is 6. The average Bonchev–Trinajstić information content (AvgIpc) is 3.99. The third-order valence-corrected chi connectivity index (χ3v) is 13.1. The number of hydrogen-bond acceptors (Lipinski definition) is 0. The minimum Gasteiger partial charge on any atom is -0.309 e. The van der Waals surface area contributed by atoms with E-state index in [9.17, 15) is 0 Å². The van der Waals surface area contributed by atoms with Gasteiger partial charge in [-0.3, -0.25) is 0 Å². The summed E-state index contributed by atoms with van der Waals surface area (Å²) in [5, 5.41) is 7.38. The molecule has 13 aromatic rings. The molecule has 0 atom stereocenters. The van der Waals surface area contributed by atoms with E-state index in [0.717, 1.165) is 28.2 Å². The van der Waals surface area contributed by atoms with Crippen LogP contribution in [0.3, 0.4) is 0 Å². The summed E-state index contributed by atoms with van der Waals surface area (Å²) in [5.74, 6) is 0. The highest BCUT2D eigenvalue weighted by Gasteiger charge is 2.25. The van der Waals surface area contributed by atoms with Crippen molar-refractivity contribution in [1.82, 2.24) is 13.7 Å². The molecule has 3 aromatic heterocycles. The Kier molecular flexibility index (Phi) is 7.91. The van der Waals surface area contributed by atoms with Crippen molar-refractivity contribution in [2.45, 2.75) is 0 Å². The van der Waals surface area contributed by atoms with E-state index in [1.807, 2.05) is 0 Å². The van der Waals surface area contributed by atoms with Crippen LogP contribution in [0.25, 0.3) is 116 Å². The van der Waals surface area contributed by atoms with Gasteiger partial charge < -0.3 is 13.7 Å². The van der Waals surface area contributed by atoms with E-state index in [1.165, 1.54) is 87.7 Å². The molecule has 0 N–H and O–H groups in total. The first kappa shape index (κ1) is 35.4. The van der Waals surface area contributed by atoms with E-state index >= 15 is 0 Å². The molecule has 3 heterocycles. The Hall–Kier alpha value is -8.40. The SMILES string of the molecule is c1ccc(-c2ccc3c(c2)c2ccccc2n3-c2cccc(-n3c4ccccc4c4cc(-c5ccccc5)ccc43)c2-c2ccccc2-n2c3ccccc3c3ccccc32)cc1. The fourth-order valence-corrected chi connectivity index (χ4v) is 10.3. The first-order valence-electron chi connectivity index (χ1n) is 21.7. The van der Waals surface area contributed by atoms with Crippen LogP contribution in [0.5, 0.6) is 0 Å². The molecular formula is C60H39N3. The third-order valence-electron chi connectivity index (χ3n) is 13.1. The van der Waals surface area contributed by atoms with Crippen LogP contribution >= 0.6 is 0 Å². The first-order valence-corrected chi connectivity index (χ1v) is 21.7. The summed E-state index contributed by atoms with van der Waals surface area (Å²) >= 11 is 0. The Bertz CT molecular complexity index is 3670. The van der Waals surface area contributed by atoms with Gasteiger partial charge in [0.15, 0.2) is 0 Å². The zero-order chi connectivity index (χ0) is 41.4. The number of benzene rings is 10. The maximum atomic E-state index is 2.50. The summed E-state index contributed by atoms with van der Waals surface area (Å²) in [6.07, 6.45) is 0. The van der Waals surface area contributed by atoms with Crippen molar-refractivity contribution in [1.29, 1.82) is 0 Å². The lowest BCUT2D eigenvalue weighted by Crippen LogP contribution is -2.06. The Morgan fingerprint density at radius 3 is 1.00 bits per heavy atom. The van der Waals surface area contributed by atoms with E-state index < -0.39 is 0 Å². The van der Waals surface area contributed by atoms with Gasteiger partial charge in [-0.05, 0) is 89.0 Å². The molecule has 0 saturated carbocycles. The van der Waals surface area contributed by atoms with E-state index in [-0.39, 0.29) is 0 Å². The number of para-hydroxylation sites is 5. The molecule has 0 aliphatic heterocycles. The fourth-order valence-electron chi connectivity index (χ4n) is 10.3. The summed E-state index contributed by atoms with van der Waals surface area (Å²) in [5.41, 5.74) is 17.5. The van der Waals surface area contributed by atoms with Crippen LogP contribution in [0.4, 0.5) is 0 Å². The second kappa shape index (κ2) is 14.1. The van der Waals surface area contributed by atoms with Crippen LogP contribution in [-0.4, -0.2) is 13.7 Å². The maximum Gasteiger partial charge on any atom is 0.0562 e. The van der Waals surface area contributed by atoms with Gasteiger partial charge in [-0.1, -0.05) is 170 Å². The lowest BCUT2D eigenvalue weighted by Gasteiger charge is -2.23. The predicted octanol–water partition coefficient (Wildman–Crippen LogP) is 16.0. The van der Waals surface area contributed by atoms with Gasteiger partial charge in [0.2, 0.25) is 0 Å². The van der Waals surface area contributed by atoms with Crippen LogP contribution in [0.2, 0.25) is 0 Å². The van der Waals surface area contributed by atoms with Gasteiger partial charge in [0, 0.05) is 43.4 Å². The zero-order valence-electron chi connectivity index (χ0n) is 34.4. The molecule has 0 fully saturated rings. The van der Waals surface area contributed by atoms with Gasteiger partial charge in [0.1, 0.15) is 0 Å². The molecular weight excluding hydrogens is 763 g/mol. The van der Waals surface area contributed by atoms with Crippen LogP contribution in [0.15, 0.2) is 237 Å². The number of hydrogen-bond donors (Lipinski definition) is 0. The minimum absolute atomic E-state index is 1.12. The standard InChI is InChI=1S/C60H39N3/c1-3-18-40(19-4-1)42-34-36-56-49(38-42)46-24-9-14-29-53(46)62(56)58-32-17-33-59(63-54-30-15-10-25-47(54)50-39-43(35-37-57(50)63)41-20-5-2-6-21-41)60(58)48-26-11-16-31-55(48)61-51-27-12-7-22-44(51)45-23-8-13-28-52(45)61/h1-39H. The lowest BCUT2D eigenvalue weighted by atomic mass is 9.98. The molecule has 10 aromatic carbocycles. The molecule has 63 heavy (non-hydrogen) atoms. The molecule has 0 radical (unpaired) electrons. The van der Waals surface area contributed by atoms with Crippen molar-refractivity contribution >= 4 is 65.4 Å². The van der Waals surface area contributed by atoms with E-state index in [0.29, 0.717) is 0 Å². The van der Waals surface area contributed by atoms with Crippen molar-refractivity contribution < 1.29 is 0 Å². The highest BCUT2D eigenvalue weighted by molar-refractivity contribution is 6.14. The molecule has 0 saturated heterocycles. The highest BCUT2D eigenvalue weighted by Crippen LogP contribution is 2.46. The third kappa shape index (κ3) is 5.40. The Labute approximate surface area is 364 Å². The molecule has 294 valence electrons. The van der Waals surface area contributed by atoms with Gasteiger partial charge in [0.05, 0.1) is 50.2 Å². The predicted molar refractivity (Wildman–Crippen MR) is 266 cm³/mol. The van der Waals surface area contributed by atoms with Gasteiger partial charge in [-0.25, -0.2) is 0 Å². The Balaban J connectivity index is 1.17. The summed E-state index contributed by atoms with van der Waals surface area (Å²) in [6.45, 7) is 0. The average molecular weight is 802 g/mol. The van der Waals surface area contributed by atoms with Gasteiger partial charge >= 0.3 is 0 Å². The second-order valence-corrected chi connectivity index (χ2v) is 16.5. The first-order chi connectivity index (χ1) is 31.3. The number of nitrogens with zero attached hydrogens (tertiary/aromatic N) is 3. The van der Waals surface area contributed by atoms with Gasteiger partial charge in [0.25, 0.3) is 0 Å². The Morgan fingerprint density at radius 2 is 0.540 bits per heavy atom. The van der Waals surface area contributed by atoms with Crippen LogP contribution in [0.1, 0.15) is 0 Å². The van der Waals surface area contributed by atoms with Gasteiger partial charge in [-0.2, -0.15) is 0 Å². The molecule has 0 aliphatic carbocycles. The smallest absolute Gasteiger partial charge is 0.0562 e. The summed E-state index contributed by atoms with van der Waals surface area (Å²) in [6, 6.07) is 86.6. The highest BCUT2D eigenvalue weighted by atomic mass is 15.0. The fraction of sp³-hybridized carbons (Fsp3) is 0. The molecule has 3 nitrogen and oxygen atoms in total. The molecule has 0 aliphatic rings.